The zero-order valence-electron chi connectivity index (χ0n) is 41.4. The van der Waals surface area contributed by atoms with Crippen LogP contribution in [0.5, 0.6) is 0 Å². The molecule has 0 aromatic heterocycles. The fourth-order valence-corrected chi connectivity index (χ4v) is 7.75. The molecule has 3 N–H and O–H groups in total. The summed E-state index contributed by atoms with van der Waals surface area (Å²) >= 11 is 0. The number of unbranched alkanes of at least 4 members (excludes halogenated alkanes) is 23. The van der Waals surface area contributed by atoms with Crippen LogP contribution in [-0.4, -0.2) is 46.9 Å². The summed E-state index contributed by atoms with van der Waals surface area (Å²) in [5.74, 6) is -0.540. The lowest BCUT2D eigenvalue weighted by Gasteiger charge is -2.24. The standard InChI is InChI=1S/C57H101NO5/c1-4-7-10-13-16-19-22-25-27-28-30-31-33-36-39-42-45-48-53(63-57(62)50-47-44-41-38-35-24-21-18-15-12-9-6-3)51-56(61)58-54(52-59)55(60)49-46-43-40-37-34-32-29-26-23-20-17-14-11-8-5-2/h7,10,16,18-19,21,25,27,30-31,36,39,53-55,59-60H,4-6,8-9,11-15,17,20,22-24,26,28-29,32-35,37-38,40-52H2,1-3H3,(H,58,61)/b10-7-,19-16-,21-18-,27-25-,31-30-,39-36-. The van der Waals surface area contributed by atoms with E-state index in [0.29, 0.717) is 19.3 Å². The van der Waals surface area contributed by atoms with Gasteiger partial charge in [0.25, 0.3) is 0 Å². The molecule has 0 radical (unpaired) electrons. The van der Waals surface area contributed by atoms with Crippen molar-refractivity contribution in [2.75, 3.05) is 6.61 Å². The number of nitrogens with one attached hydrogen (secondary N) is 1. The van der Waals surface area contributed by atoms with Crippen molar-refractivity contribution in [2.24, 2.45) is 0 Å². The van der Waals surface area contributed by atoms with Crippen LogP contribution < -0.4 is 5.32 Å². The molecule has 0 aliphatic carbocycles. The Morgan fingerprint density at radius 3 is 1.38 bits per heavy atom. The lowest BCUT2D eigenvalue weighted by atomic mass is 10.0. The predicted octanol–water partition coefficient (Wildman–Crippen LogP) is 16.2. The molecule has 6 nitrogen and oxygen atoms in total. The third kappa shape index (κ3) is 45.7. The fraction of sp³-hybridized carbons (Fsp3) is 0.754. The van der Waals surface area contributed by atoms with Crippen molar-refractivity contribution in [3.05, 3.63) is 72.9 Å². The van der Waals surface area contributed by atoms with Crippen LogP contribution in [0.3, 0.4) is 0 Å². The van der Waals surface area contributed by atoms with Crippen molar-refractivity contribution >= 4 is 11.9 Å². The molecule has 3 atom stereocenters. The van der Waals surface area contributed by atoms with Gasteiger partial charge in [0.1, 0.15) is 6.10 Å². The summed E-state index contributed by atoms with van der Waals surface area (Å²) in [6.07, 6.45) is 63.9. The number of amides is 1. The third-order valence-corrected chi connectivity index (χ3v) is 11.8. The molecule has 0 bridgehead atoms. The second-order valence-corrected chi connectivity index (χ2v) is 17.9. The molecule has 0 fully saturated rings. The number of aliphatic hydroxyl groups excluding tert-OH is 2. The first kappa shape index (κ1) is 60.3. The number of hydrogen-bond acceptors (Lipinski definition) is 5. The zero-order chi connectivity index (χ0) is 45.9. The number of rotatable bonds is 47. The summed E-state index contributed by atoms with van der Waals surface area (Å²) in [6, 6.07) is -0.724. The molecule has 0 saturated carbocycles. The minimum atomic E-state index is -0.806. The molecule has 0 aromatic carbocycles. The van der Waals surface area contributed by atoms with Gasteiger partial charge in [-0.25, -0.2) is 0 Å². The van der Waals surface area contributed by atoms with Crippen molar-refractivity contribution in [3.8, 4) is 0 Å². The van der Waals surface area contributed by atoms with Gasteiger partial charge in [0.15, 0.2) is 0 Å². The van der Waals surface area contributed by atoms with Crippen molar-refractivity contribution in [1.29, 1.82) is 0 Å². The first-order valence-electron chi connectivity index (χ1n) is 26.7. The number of carbonyl (C=O) groups is 2. The highest BCUT2D eigenvalue weighted by molar-refractivity contribution is 5.77. The highest BCUT2D eigenvalue weighted by atomic mass is 16.5. The van der Waals surface area contributed by atoms with Crippen molar-refractivity contribution < 1.29 is 24.5 Å². The van der Waals surface area contributed by atoms with Crippen molar-refractivity contribution in [2.45, 2.75) is 270 Å². The molecular formula is C57H101NO5. The van der Waals surface area contributed by atoms with Crippen LogP contribution in [0.4, 0.5) is 0 Å². The number of aliphatic hydroxyl groups is 2. The van der Waals surface area contributed by atoms with Gasteiger partial charge in [-0.1, -0.05) is 222 Å². The average Bonchev–Trinajstić information content (AvgIpc) is 3.28. The molecule has 1 amide bonds. The van der Waals surface area contributed by atoms with Crippen LogP contribution in [0.1, 0.15) is 252 Å². The molecule has 0 rings (SSSR count). The van der Waals surface area contributed by atoms with Crippen LogP contribution in [0.2, 0.25) is 0 Å². The molecular weight excluding hydrogens is 779 g/mol. The van der Waals surface area contributed by atoms with Gasteiger partial charge in [-0.05, 0) is 89.9 Å². The van der Waals surface area contributed by atoms with Gasteiger partial charge in [0, 0.05) is 6.42 Å². The maximum atomic E-state index is 13.2. The maximum absolute atomic E-state index is 13.2. The number of hydrogen-bond donors (Lipinski definition) is 3. The van der Waals surface area contributed by atoms with E-state index in [4.69, 9.17) is 4.74 Å². The Balaban J connectivity index is 4.68. The molecule has 0 aliphatic rings. The molecule has 3 unspecified atom stereocenters. The van der Waals surface area contributed by atoms with E-state index in [1.807, 2.05) is 0 Å². The van der Waals surface area contributed by atoms with E-state index in [0.717, 1.165) is 89.9 Å². The molecule has 63 heavy (non-hydrogen) atoms. The Morgan fingerprint density at radius 1 is 0.476 bits per heavy atom. The molecule has 6 heteroatoms. The van der Waals surface area contributed by atoms with Crippen LogP contribution in [0, 0.1) is 0 Å². The molecule has 0 saturated heterocycles. The third-order valence-electron chi connectivity index (χ3n) is 11.8. The van der Waals surface area contributed by atoms with Gasteiger partial charge in [-0.15, -0.1) is 0 Å². The highest BCUT2D eigenvalue weighted by Gasteiger charge is 2.24. The van der Waals surface area contributed by atoms with E-state index in [2.05, 4.69) is 99.0 Å². The number of ether oxygens (including phenoxy) is 1. The maximum Gasteiger partial charge on any atom is 0.306 e. The van der Waals surface area contributed by atoms with Crippen LogP contribution in [-0.2, 0) is 14.3 Å². The molecule has 364 valence electrons. The van der Waals surface area contributed by atoms with Crippen molar-refractivity contribution in [1.82, 2.24) is 5.32 Å². The summed E-state index contributed by atoms with van der Waals surface area (Å²) in [5.41, 5.74) is 0. The monoisotopic (exact) mass is 880 g/mol. The minimum absolute atomic E-state index is 0.0333. The lowest BCUT2D eigenvalue weighted by Crippen LogP contribution is -2.46. The zero-order valence-corrected chi connectivity index (χ0v) is 41.4. The molecule has 0 spiro atoms. The van der Waals surface area contributed by atoms with E-state index in [1.54, 1.807) is 0 Å². The first-order chi connectivity index (χ1) is 31.0. The van der Waals surface area contributed by atoms with Crippen molar-refractivity contribution in [3.63, 3.8) is 0 Å². The molecule has 0 aromatic rings. The predicted molar refractivity (Wildman–Crippen MR) is 273 cm³/mol. The topological polar surface area (TPSA) is 95.9 Å². The fourth-order valence-electron chi connectivity index (χ4n) is 7.75. The first-order valence-corrected chi connectivity index (χ1v) is 26.7. The number of allylic oxidation sites excluding steroid dienone is 12. The Morgan fingerprint density at radius 2 is 0.873 bits per heavy atom. The van der Waals surface area contributed by atoms with E-state index < -0.39 is 18.2 Å². The number of esters is 1. The quantitative estimate of drug-likeness (QED) is 0.0321. The lowest BCUT2D eigenvalue weighted by molar-refractivity contribution is -0.151. The SMILES string of the molecule is CC/C=C\C/C=C\C/C=C\C/C=C\C/C=C\CCCC(CC(=O)NC(CO)C(O)CCCCCCCCCCCCCCCCC)OC(=O)CCCCCCC/C=C\CCCCC. The summed E-state index contributed by atoms with van der Waals surface area (Å²) < 4.78 is 5.90. The average molecular weight is 880 g/mol. The van der Waals surface area contributed by atoms with E-state index in [9.17, 15) is 19.8 Å². The second kappa shape index (κ2) is 50.3. The summed E-state index contributed by atoms with van der Waals surface area (Å²) in [6.45, 7) is 6.33. The van der Waals surface area contributed by atoms with Gasteiger partial charge >= 0.3 is 5.97 Å². The number of carbonyl (C=O) groups excluding carboxylic acids is 2. The van der Waals surface area contributed by atoms with Crippen LogP contribution in [0.15, 0.2) is 72.9 Å². The largest absolute Gasteiger partial charge is 0.462 e. The van der Waals surface area contributed by atoms with Gasteiger partial charge < -0.3 is 20.3 Å². The highest BCUT2D eigenvalue weighted by Crippen LogP contribution is 2.17. The Labute approximate surface area is 390 Å². The van der Waals surface area contributed by atoms with Gasteiger partial charge in [0.2, 0.25) is 5.91 Å². The summed E-state index contributed by atoms with van der Waals surface area (Å²) in [7, 11) is 0. The van der Waals surface area contributed by atoms with Crippen LogP contribution in [0.25, 0.3) is 0 Å². The van der Waals surface area contributed by atoms with Gasteiger partial charge in [-0.3, -0.25) is 9.59 Å². The summed E-state index contributed by atoms with van der Waals surface area (Å²) in [4.78, 5) is 26.1. The van der Waals surface area contributed by atoms with Gasteiger partial charge in [-0.2, -0.15) is 0 Å². The Hall–Kier alpha value is -2.70. The molecule has 0 aliphatic heterocycles. The molecule has 0 heterocycles. The smallest absolute Gasteiger partial charge is 0.306 e. The summed E-state index contributed by atoms with van der Waals surface area (Å²) in [5, 5.41) is 23.8. The van der Waals surface area contributed by atoms with E-state index in [1.165, 1.54) is 116 Å². The minimum Gasteiger partial charge on any atom is -0.462 e. The Kier molecular flexibility index (Phi) is 48.1. The van der Waals surface area contributed by atoms with E-state index >= 15 is 0 Å². The van der Waals surface area contributed by atoms with Crippen LogP contribution >= 0.6 is 0 Å². The van der Waals surface area contributed by atoms with Gasteiger partial charge in [0.05, 0.1) is 25.2 Å². The van der Waals surface area contributed by atoms with E-state index in [-0.39, 0.29) is 24.9 Å². The Bertz CT molecular complexity index is 1170. The second-order valence-electron chi connectivity index (χ2n) is 17.9. The normalized spacial score (nSPS) is 13.8.